The van der Waals surface area contributed by atoms with Gasteiger partial charge in [-0.3, -0.25) is 0 Å². The smallest absolute Gasteiger partial charge is 0.185 e. The van der Waals surface area contributed by atoms with E-state index in [1.54, 1.807) is 11.3 Å². The zero-order valence-corrected chi connectivity index (χ0v) is 9.18. The molecule has 3 nitrogen and oxygen atoms in total. The quantitative estimate of drug-likeness (QED) is 0.751. The molecule has 2 saturated heterocycles. The first-order chi connectivity index (χ1) is 6.83. The van der Waals surface area contributed by atoms with Crippen LogP contribution >= 0.6 is 11.3 Å². The molecular formula is C10H15N3S. The summed E-state index contributed by atoms with van der Waals surface area (Å²) in [6, 6.07) is 0. The van der Waals surface area contributed by atoms with Gasteiger partial charge in [0.05, 0.1) is 5.69 Å². The highest BCUT2D eigenvalue weighted by atomic mass is 32.1. The van der Waals surface area contributed by atoms with Crippen LogP contribution in [0.3, 0.4) is 0 Å². The van der Waals surface area contributed by atoms with Gasteiger partial charge in [-0.25, -0.2) is 4.98 Å². The van der Waals surface area contributed by atoms with Gasteiger partial charge in [0.25, 0.3) is 0 Å². The zero-order valence-electron chi connectivity index (χ0n) is 8.36. The van der Waals surface area contributed by atoms with Crippen LogP contribution < -0.4 is 10.2 Å². The number of fused-ring (bicyclic) bond motifs is 1. The Kier molecular flexibility index (Phi) is 1.99. The van der Waals surface area contributed by atoms with Gasteiger partial charge in [-0.2, -0.15) is 0 Å². The van der Waals surface area contributed by atoms with Crippen LogP contribution in [0, 0.1) is 18.8 Å². The first kappa shape index (κ1) is 8.68. The molecule has 0 aromatic carbocycles. The SMILES string of the molecule is Cc1csc(N2CC3CNCC3C2)n1. The molecule has 2 fully saturated rings. The fourth-order valence-corrected chi connectivity index (χ4v) is 3.32. The largest absolute Gasteiger partial charge is 0.347 e. The number of nitrogens with one attached hydrogen (secondary N) is 1. The van der Waals surface area contributed by atoms with Crippen molar-refractivity contribution in [1.82, 2.24) is 10.3 Å². The molecule has 1 aromatic heterocycles. The van der Waals surface area contributed by atoms with E-state index < -0.39 is 0 Å². The molecular weight excluding hydrogens is 194 g/mol. The number of nitrogens with zero attached hydrogens (tertiary/aromatic N) is 2. The summed E-state index contributed by atoms with van der Waals surface area (Å²) in [5.74, 6) is 1.72. The van der Waals surface area contributed by atoms with Crippen molar-refractivity contribution in [3.05, 3.63) is 11.1 Å². The van der Waals surface area contributed by atoms with Crippen LogP contribution in [0.4, 0.5) is 5.13 Å². The van der Waals surface area contributed by atoms with E-state index in [9.17, 15) is 0 Å². The molecule has 14 heavy (non-hydrogen) atoms. The van der Waals surface area contributed by atoms with Crippen LogP contribution in [0.15, 0.2) is 5.38 Å². The summed E-state index contributed by atoms with van der Waals surface area (Å²) < 4.78 is 0. The second-order valence-corrected chi connectivity index (χ2v) is 5.19. The Bertz CT molecular complexity index is 324. The molecule has 2 aliphatic rings. The number of thiazole rings is 1. The van der Waals surface area contributed by atoms with Crippen molar-refractivity contribution in [3.8, 4) is 0 Å². The molecule has 2 unspecified atom stereocenters. The van der Waals surface area contributed by atoms with Crippen molar-refractivity contribution in [2.75, 3.05) is 31.1 Å². The number of rotatable bonds is 1. The maximum absolute atomic E-state index is 4.54. The summed E-state index contributed by atoms with van der Waals surface area (Å²) in [5, 5.41) is 6.82. The van der Waals surface area contributed by atoms with E-state index in [2.05, 4.69) is 27.5 Å². The molecule has 0 radical (unpaired) electrons. The molecule has 0 spiro atoms. The predicted octanol–water partition coefficient (Wildman–Crippen LogP) is 1.11. The van der Waals surface area contributed by atoms with Crippen molar-refractivity contribution >= 4 is 16.5 Å². The second-order valence-electron chi connectivity index (χ2n) is 4.35. The van der Waals surface area contributed by atoms with Crippen LogP contribution in [-0.2, 0) is 0 Å². The Balaban J connectivity index is 1.76. The van der Waals surface area contributed by atoms with Crippen LogP contribution in [0.25, 0.3) is 0 Å². The van der Waals surface area contributed by atoms with E-state index >= 15 is 0 Å². The summed E-state index contributed by atoms with van der Waals surface area (Å²) in [7, 11) is 0. The standard InChI is InChI=1S/C10H15N3S/c1-7-6-14-10(12-7)13-4-8-2-11-3-9(8)5-13/h6,8-9,11H,2-5H2,1H3. The van der Waals surface area contributed by atoms with Crippen molar-refractivity contribution in [2.24, 2.45) is 11.8 Å². The maximum atomic E-state index is 4.54. The number of anilines is 1. The molecule has 2 aliphatic heterocycles. The average molecular weight is 209 g/mol. The highest BCUT2D eigenvalue weighted by molar-refractivity contribution is 7.13. The van der Waals surface area contributed by atoms with E-state index in [0.717, 1.165) is 17.5 Å². The molecule has 0 amide bonds. The van der Waals surface area contributed by atoms with Gasteiger partial charge in [0.2, 0.25) is 0 Å². The lowest BCUT2D eigenvalue weighted by atomic mass is 10.0. The summed E-state index contributed by atoms with van der Waals surface area (Å²) in [4.78, 5) is 7.00. The van der Waals surface area contributed by atoms with Gasteiger partial charge < -0.3 is 10.2 Å². The van der Waals surface area contributed by atoms with Crippen molar-refractivity contribution in [1.29, 1.82) is 0 Å². The minimum absolute atomic E-state index is 0.860. The summed E-state index contributed by atoms with van der Waals surface area (Å²) in [5.41, 5.74) is 1.15. The van der Waals surface area contributed by atoms with Gasteiger partial charge in [-0.15, -0.1) is 11.3 Å². The fourth-order valence-electron chi connectivity index (χ4n) is 2.50. The monoisotopic (exact) mass is 209 g/mol. The lowest BCUT2D eigenvalue weighted by molar-refractivity contribution is 0.533. The molecule has 76 valence electrons. The number of hydrogen-bond acceptors (Lipinski definition) is 4. The number of hydrogen-bond donors (Lipinski definition) is 1. The third kappa shape index (κ3) is 1.33. The Labute approximate surface area is 88.1 Å². The Morgan fingerprint density at radius 3 is 2.71 bits per heavy atom. The third-order valence-corrected chi connectivity index (χ3v) is 4.29. The molecule has 1 aromatic rings. The fraction of sp³-hybridized carbons (Fsp3) is 0.700. The lowest BCUT2D eigenvalue weighted by Gasteiger charge is -2.15. The van der Waals surface area contributed by atoms with E-state index in [1.165, 1.54) is 31.3 Å². The first-order valence-electron chi connectivity index (χ1n) is 5.21. The van der Waals surface area contributed by atoms with Crippen LogP contribution in [0.1, 0.15) is 5.69 Å². The van der Waals surface area contributed by atoms with Gasteiger partial charge in [0.1, 0.15) is 0 Å². The third-order valence-electron chi connectivity index (χ3n) is 3.27. The normalized spacial score (nSPS) is 31.1. The van der Waals surface area contributed by atoms with E-state index in [0.29, 0.717) is 0 Å². The van der Waals surface area contributed by atoms with Gasteiger partial charge >= 0.3 is 0 Å². The van der Waals surface area contributed by atoms with E-state index in [1.807, 2.05) is 0 Å². The maximum Gasteiger partial charge on any atom is 0.185 e. The molecule has 0 bridgehead atoms. The number of aryl methyl sites for hydroxylation is 1. The minimum atomic E-state index is 0.860. The first-order valence-corrected chi connectivity index (χ1v) is 6.08. The van der Waals surface area contributed by atoms with E-state index in [-0.39, 0.29) is 0 Å². The topological polar surface area (TPSA) is 28.2 Å². The van der Waals surface area contributed by atoms with Crippen molar-refractivity contribution < 1.29 is 0 Å². The Hall–Kier alpha value is -0.610. The Morgan fingerprint density at radius 1 is 1.43 bits per heavy atom. The van der Waals surface area contributed by atoms with Gasteiger partial charge in [0, 0.05) is 31.6 Å². The highest BCUT2D eigenvalue weighted by Gasteiger charge is 2.36. The van der Waals surface area contributed by atoms with Gasteiger partial charge in [-0.05, 0) is 18.8 Å². The van der Waals surface area contributed by atoms with Gasteiger partial charge in [0.15, 0.2) is 5.13 Å². The summed E-state index contributed by atoms with van der Waals surface area (Å²) >= 11 is 1.78. The summed E-state index contributed by atoms with van der Waals surface area (Å²) in [6.45, 7) is 6.87. The van der Waals surface area contributed by atoms with E-state index in [4.69, 9.17) is 0 Å². The molecule has 0 aliphatic carbocycles. The Morgan fingerprint density at radius 2 is 2.14 bits per heavy atom. The molecule has 4 heteroatoms. The molecule has 3 rings (SSSR count). The average Bonchev–Trinajstić information content (AvgIpc) is 2.75. The predicted molar refractivity (Wildman–Crippen MR) is 58.9 cm³/mol. The van der Waals surface area contributed by atoms with Crippen LogP contribution in [-0.4, -0.2) is 31.2 Å². The number of aromatic nitrogens is 1. The van der Waals surface area contributed by atoms with Crippen molar-refractivity contribution in [2.45, 2.75) is 6.92 Å². The molecule has 1 N–H and O–H groups in total. The zero-order chi connectivity index (χ0) is 9.54. The molecule has 2 atom stereocenters. The van der Waals surface area contributed by atoms with Crippen molar-refractivity contribution in [3.63, 3.8) is 0 Å². The highest BCUT2D eigenvalue weighted by Crippen LogP contribution is 2.31. The van der Waals surface area contributed by atoms with Gasteiger partial charge in [-0.1, -0.05) is 0 Å². The minimum Gasteiger partial charge on any atom is -0.347 e. The summed E-state index contributed by atoms with van der Waals surface area (Å²) in [6.07, 6.45) is 0. The van der Waals surface area contributed by atoms with Crippen LogP contribution in [0.2, 0.25) is 0 Å². The molecule has 3 heterocycles. The molecule has 0 saturated carbocycles. The second kappa shape index (κ2) is 3.21. The van der Waals surface area contributed by atoms with Crippen LogP contribution in [0.5, 0.6) is 0 Å². The lowest BCUT2D eigenvalue weighted by Crippen LogP contribution is -2.25.